The Bertz CT molecular complexity index is 1700. The number of methoxy groups -OCH3 is 3. The van der Waals surface area contributed by atoms with Gasteiger partial charge in [0.15, 0.2) is 16.7 Å². The number of hydrogen-bond acceptors (Lipinski definition) is 10. The van der Waals surface area contributed by atoms with E-state index in [-0.39, 0.29) is 17.6 Å². The molecule has 1 saturated heterocycles. The molecule has 3 heterocycles. The molecule has 1 fully saturated rings. The van der Waals surface area contributed by atoms with E-state index in [0.29, 0.717) is 72.0 Å². The minimum Gasteiger partial charge on any atom is -0.493 e. The van der Waals surface area contributed by atoms with Crippen molar-refractivity contribution in [3.8, 4) is 23.3 Å². The molecule has 0 spiro atoms. The van der Waals surface area contributed by atoms with E-state index in [4.69, 9.17) is 18.9 Å². The van der Waals surface area contributed by atoms with Gasteiger partial charge in [0.1, 0.15) is 12.4 Å². The zero-order valence-electron chi connectivity index (χ0n) is 25.8. The van der Waals surface area contributed by atoms with Crippen molar-refractivity contribution in [3.63, 3.8) is 0 Å². The molecule has 256 valence electrons. The van der Waals surface area contributed by atoms with E-state index in [9.17, 15) is 31.1 Å². The van der Waals surface area contributed by atoms with Crippen LogP contribution in [0.25, 0.3) is 6.08 Å². The number of amides is 1. The summed E-state index contributed by atoms with van der Waals surface area (Å²) >= 11 is 1.22. The molecule has 2 aliphatic rings. The summed E-state index contributed by atoms with van der Waals surface area (Å²) in [5, 5.41) is 0.564. The Morgan fingerprint density at radius 2 is 1.52 bits per heavy atom. The molecular weight excluding hydrogens is 668 g/mol. The Labute approximate surface area is 275 Å². The second-order valence-corrected chi connectivity index (χ2v) is 11.5. The van der Waals surface area contributed by atoms with E-state index in [1.165, 1.54) is 45.2 Å². The van der Waals surface area contributed by atoms with Crippen molar-refractivity contribution in [2.75, 3.05) is 47.5 Å². The van der Waals surface area contributed by atoms with Gasteiger partial charge in [-0.1, -0.05) is 12.1 Å². The lowest BCUT2D eigenvalue weighted by Gasteiger charge is -2.34. The van der Waals surface area contributed by atoms with Crippen molar-refractivity contribution in [1.82, 2.24) is 19.8 Å². The van der Waals surface area contributed by atoms with Crippen molar-refractivity contribution >= 4 is 28.9 Å². The standard InChI is InChI=1S/C31H29F6N5O5S/c1-44-23-12-18(4-7-22(23)47-17-19-5-6-20(30(32,33)34)14-21(19)31(35,36)37)13-24-28(43)40-29(48-24)42-10-8-41(9-11-42)16-25-38-26(45-2)15-27(39-25)46-3/h4-7,12-15H,8-11,16-17H2,1-3H3/b24-13+. The average molecular weight is 698 g/mol. The monoisotopic (exact) mass is 697 g/mol. The van der Waals surface area contributed by atoms with E-state index in [0.717, 1.165) is 6.07 Å². The first-order chi connectivity index (χ1) is 22.8. The molecule has 0 radical (unpaired) electrons. The van der Waals surface area contributed by atoms with Crippen LogP contribution < -0.4 is 18.9 Å². The van der Waals surface area contributed by atoms with Crippen LogP contribution in [-0.4, -0.2) is 78.4 Å². The van der Waals surface area contributed by atoms with Gasteiger partial charge in [0.2, 0.25) is 11.8 Å². The summed E-state index contributed by atoms with van der Waals surface area (Å²) in [4.78, 5) is 30.3. The van der Waals surface area contributed by atoms with Crippen LogP contribution in [0.15, 0.2) is 52.4 Å². The van der Waals surface area contributed by atoms with Crippen molar-refractivity contribution in [2.24, 2.45) is 4.99 Å². The fourth-order valence-electron chi connectivity index (χ4n) is 4.90. The molecular formula is C31H29F6N5O5S. The van der Waals surface area contributed by atoms with Crippen molar-refractivity contribution in [2.45, 2.75) is 25.5 Å². The predicted octanol–water partition coefficient (Wildman–Crippen LogP) is 5.91. The van der Waals surface area contributed by atoms with Crippen LogP contribution >= 0.6 is 11.8 Å². The number of halogens is 6. The molecule has 0 bridgehead atoms. The molecule has 48 heavy (non-hydrogen) atoms. The number of thioether (sulfide) groups is 1. The summed E-state index contributed by atoms with van der Waals surface area (Å²) < 4.78 is 101. The summed E-state index contributed by atoms with van der Waals surface area (Å²) in [6.07, 6.45) is -8.35. The van der Waals surface area contributed by atoms with Crippen LogP contribution in [0.1, 0.15) is 28.1 Å². The summed E-state index contributed by atoms with van der Waals surface area (Å²) in [6.45, 7) is 2.39. The summed E-state index contributed by atoms with van der Waals surface area (Å²) in [5.74, 6) is 1.16. The van der Waals surface area contributed by atoms with Gasteiger partial charge >= 0.3 is 12.4 Å². The van der Waals surface area contributed by atoms with Crippen molar-refractivity contribution < 1.29 is 50.1 Å². The molecule has 0 N–H and O–H groups in total. The summed E-state index contributed by atoms with van der Waals surface area (Å²) in [7, 11) is 4.36. The molecule has 2 aliphatic heterocycles. The maximum atomic E-state index is 13.5. The zero-order valence-corrected chi connectivity index (χ0v) is 26.6. The van der Waals surface area contributed by atoms with E-state index < -0.39 is 41.6 Å². The van der Waals surface area contributed by atoms with E-state index in [1.54, 1.807) is 18.2 Å². The molecule has 0 saturated carbocycles. The predicted molar refractivity (Wildman–Crippen MR) is 164 cm³/mol. The number of alkyl halides is 6. The lowest BCUT2D eigenvalue weighted by molar-refractivity contribution is -0.143. The number of piperazine rings is 1. The number of hydrogen-bond donors (Lipinski definition) is 0. The summed E-state index contributed by atoms with van der Waals surface area (Å²) in [6, 6.07) is 7.51. The van der Waals surface area contributed by atoms with Crippen molar-refractivity contribution in [3.05, 3.63) is 75.4 Å². The van der Waals surface area contributed by atoms with E-state index >= 15 is 0 Å². The number of carbonyl (C=O) groups excluding carboxylic acids is 1. The van der Waals surface area contributed by atoms with Crippen molar-refractivity contribution in [1.29, 1.82) is 0 Å². The van der Waals surface area contributed by atoms with Crippen LogP contribution in [0.4, 0.5) is 26.3 Å². The normalized spacial score (nSPS) is 16.7. The van der Waals surface area contributed by atoms with Gasteiger partial charge in [0, 0.05) is 31.7 Å². The highest BCUT2D eigenvalue weighted by molar-refractivity contribution is 8.18. The number of rotatable bonds is 9. The Morgan fingerprint density at radius 1 is 0.833 bits per heavy atom. The Kier molecular flexibility index (Phi) is 10.4. The number of benzene rings is 2. The summed E-state index contributed by atoms with van der Waals surface area (Å²) in [5.41, 5.74) is -2.80. The van der Waals surface area contributed by atoms with E-state index in [2.05, 4.69) is 19.9 Å². The molecule has 1 amide bonds. The number of amidine groups is 1. The quantitative estimate of drug-likeness (QED) is 0.198. The minimum atomic E-state index is -5.03. The van der Waals surface area contributed by atoms with Gasteiger partial charge in [-0.2, -0.15) is 41.3 Å². The molecule has 0 atom stereocenters. The van der Waals surface area contributed by atoms with Gasteiger partial charge in [-0.05, 0) is 47.7 Å². The zero-order chi connectivity index (χ0) is 34.6. The number of ether oxygens (including phenoxy) is 4. The first-order valence-electron chi connectivity index (χ1n) is 14.3. The Balaban J connectivity index is 1.21. The smallest absolute Gasteiger partial charge is 0.416 e. The molecule has 2 aromatic carbocycles. The van der Waals surface area contributed by atoms with Gasteiger partial charge in [-0.25, -0.2) is 0 Å². The van der Waals surface area contributed by atoms with Crippen LogP contribution in [-0.2, 0) is 30.3 Å². The Morgan fingerprint density at radius 3 is 2.12 bits per heavy atom. The third-order valence-corrected chi connectivity index (χ3v) is 8.42. The molecule has 10 nitrogen and oxygen atoms in total. The van der Waals surface area contributed by atoms with Crippen LogP contribution in [0, 0.1) is 0 Å². The van der Waals surface area contributed by atoms with Gasteiger partial charge in [-0.15, -0.1) is 0 Å². The lowest BCUT2D eigenvalue weighted by atomic mass is 10.0. The second-order valence-electron chi connectivity index (χ2n) is 10.5. The van der Waals surface area contributed by atoms with Crippen LogP contribution in [0.3, 0.4) is 0 Å². The average Bonchev–Trinajstić information content (AvgIpc) is 3.42. The highest BCUT2D eigenvalue weighted by Crippen LogP contribution is 2.39. The molecule has 5 rings (SSSR count). The topological polar surface area (TPSA) is 98.6 Å². The molecule has 17 heteroatoms. The SMILES string of the molecule is COc1cc(OC)nc(CN2CCN(C3=NC(=O)/C(=C\c4ccc(OCc5ccc(C(F)(F)F)cc5C(F)(F)F)c(OC)c4)S3)CC2)n1. The fourth-order valence-corrected chi connectivity index (χ4v) is 5.87. The number of nitrogens with zero attached hydrogens (tertiary/aromatic N) is 5. The van der Waals surface area contributed by atoms with Crippen LogP contribution in [0.2, 0.25) is 0 Å². The maximum absolute atomic E-state index is 13.5. The third-order valence-electron chi connectivity index (χ3n) is 7.37. The lowest BCUT2D eigenvalue weighted by Crippen LogP contribution is -2.47. The van der Waals surface area contributed by atoms with Gasteiger partial charge in [-0.3, -0.25) is 9.69 Å². The third kappa shape index (κ3) is 8.31. The Hall–Kier alpha value is -4.51. The van der Waals surface area contributed by atoms with Gasteiger partial charge < -0.3 is 23.8 Å². The number of carbonyl (C=O) groups is 1. The molecule has 0 aliphatic carbocycles. The van der Waals surface area contributed by atoms with Gasteiger partial charge in [0.05, 0.1) is 50.0 Å². The number of aromatic nitrogens is 2. The fraction of sp³-hybridized carbons (Fsp3) is 0.355. The molecule has 0 unspecified atom stereocenters. The second kappa shape index (κ2) is 14.3. The molecule has 1 aromatic heterocycles. The number of aliphatic imine (C=N–C) groups is 1. The van der Waals surface area contributed by atoms with E-state index in [1.807, 2.05) is 4.90 Å². The minimum absolute atomic E-state index is 0.0608. The first kappa shape index (κ1) is 34.8. The van der Waals surface area contributed by atoms with Gasteiger partial charge in [0.25, 0.3) is 5.91 Å². The molecule has 3 aromatic rings. The largest absolute Gasteiger partial charge is 0.493 e. The highest BCUT2D eigenvalue weighted by Gasteiger charge is 2.38. The first-order valence-corrected chi connectivity index (χ1v) is 15.1. The highest BCUT2D eigenvalue weighted by atomic mass is 32.2. The van der Waals surface area contributed by atoms with Crippen LogP contribution in [0.5, 0.6) is 23.3 Å². The maximum Gasteiger partial charge on any atom is 0.416 e.